The minimum Gasteiger partial charge on any atom is -0.492 e. The summed E-state index contributed by atoms with van der Waals surface area (Å²) in [5.74, 6) is -0.128. The highest BCUT2D eigenvalue weighted by molar-refractivity contribution is 7.93. The number of nitrogens with zero attached hydrogens (tertiary/aromatic N) is 2. The lowest BCUT2D eigenvalue weighted by molar-refractivity contribution is -0.119. The van der Waals surface area contributed by atoms with Gasteiger partial charge in [0, 0.05) is 14.1 Å². The molecule has 3 rings (SSSR count). The van der Waals surface area contributed by atoms with E-state index in [2.05, 4.69) is 5.32 Å². The van der Waals surface area contributed by atoms with Gasteiger partial charge in [-0.1, -0.05) is 41.9 Å². The van der Waals surface area contributed by atoms with Gasteiger partial charge in [0.1, 0.15) is 18.9 Å². The molecule has 0 saturated heterocycles. The molecule has 0 aliphatic rings. The summed E-state index contributed by atoms with van der Waals surface area (Å²) in [5, 5.41) is 2.82. The van der Waals surface area contributed by atoms with Crippen LogP contribution in [-0.4, -0.2) is 60.8 Å². The van der Waals surface area contributed by atoms with E-state index in [9.17, 15) is 21.6 Å². The minimum atomic E-state index is -4.06. The van der Waals surface area contributed by atoms with E-state index in [1.807, 2.05) is 0 Å². The first kappa shape index (κ1) is 27.5. The van der Waals surface area contributed by atoms with Crippen molar-refractivity contribution >= 4 is 43.2 Å². The predicted molar refractivity (Wildman–Crippen MR) is 138 cm³/mol. The van der Waals surface area contributed by atoms with E-state index in [1.54, 1.807) is 36.4 Å². The second-order valence-corrected chi connectivity index (χ2v) is 12.2. The molecule has 0 fully saturated rings. The Morgan fingerprint density at radius 1 is 0.833 bits per heavy atom. The number of ether oxygens (including phenoxy) is 1. The lowest BCUT2D eigenvalue weighted by Gasteiger charge is -2.25. The van der Waals surface area contributed by atoms with Crippen molar-refractivity contribution in [1.82, 2.24) is 9.62 Å². The maximum Gasteiger partial charge on any atom is 0.264 e. The number of rotatable bonds is 11. The van der Waals surface area contributed by atoms with Gasteiger partial charge in [0.25, 0.3) is 10.0 Å². The molecule has 0 heterocycles. The van der Waals surface area contributed by atoms with Crippen LogP contribution in [0.1, 0.15) is 0 Å². The summed E-state index contributed by atoms with van der Waals surface area (Å²) in [6.07, 6.45) is 0. The van der Waals surface area contributed by atoms with Gasteiger partial charge in [-0.05, 0) is 48.5 Å². The standard InChI is InChI=1S/C24H26ClN3O6S2/c1-27(2)35(30,31)21-14-12-19(13-15-21)34-17-16-26-24(29)18-28(23-11-7-6-10-22(23)25)36(32,33)20-8-4-3-5-9-20/h3-15H,16-18H2,1-2H3,(H,26,29). The maximum absolute atomic E-state index is 13.3. The first-order chi connectivity index (χ1) is 17.0. The monoisotopic (exact) mass is 551 g/mol. The van der Waals surface area contributed by atoms with Gasteiger partial charge in [0.2, 0.25) is 15.9 Å². The van der Waals surface area contributed by atoms with Crippen molar-refractivity contribution in [3.63, 3.8) is 0 Å². The molecule has 0 atom stereocenters. The highest BCUT2D eigenvalue weighted by Gasteiger charge is 2.28. The van der Waals surface area contributed by atoms with Crippen LogP contribution in [0.4, 0.5) is 5.69 Å². The van der Waals surface area contributed by atoms with Gasteiger partial charge >= 0.3 is 0 Å². The molecule has 1 amide bonds. The Labute approximate surface area is 216 Å². The van der Waals surface area contributed by atoms with Crippen molar-refractivity contribution in [2.24, 2.45) is 0 Å². The van der Waals surface area contributed by atoms with Crippen LogP contribution in [0.3, 0.4) is 0 Å². The number of hydrogen-bond donors (Lipinski definition) is 1. The first-order valence-corrected chi connectivity index (χ1v) is 14.0. The van der Waals surface area contributed by atoms with E-state index in [-0.39, 0.29) is 33.7 Å². The van der Waals surface area contributed by atoms with Gasteiger partial charge in [-0.15, -0.1) is 0 Å². The largest absolute Gasteiger partial charge is 0.492 e. The Morgan fingerprint density at radius 2 is 1.42 bits per heavy atom. The number of carbonyl (C=O) groups is 1. The number of sulfonamides is 2. The normalized spacial score (nSPS) is 11.8. The van der Waals surface area contributed by atoms with E-state index in [0.29, 0.717) is 5.75 Å². The van der Waals surface area contributed by atoms with Gasteiger partial charge in [0.05, 0.1) is 27.0 Å². The van der Waals surface area contributed by atoms with Crippen LogP contribution in [0.25, 0.3) is 0 Å². The third kappa shape index (κ3) is 6.55. The highest BCUT2D eigenvalue weighted by atomic mass is 35.5. The number of carbonyl (C=O) groups excluding carboxylic acids is 1. The van der Waals surface area contributed by atoms with Crippen molar-refractivity contribution in [3.8, 4) is 5.75 Å². The van der Waals surface area contributed by atoms with Crippen molar-refractivity contribution < 1.29 is 26.4 Å². The van der Waals surface area contributed by atoms with E-state index in [0.717, 1.165) is 8.61 Å². The van der Waals surface area contributed by atoms with E-state index >= 15 is 0 Å². The average Bonchev–Trinajstić information content (AvgIpc) is 2.86. The van der Waals surface area contributed by atoms with E-state index in [4.69, 9.17) is 16.3 Å². The lowest BCUT2D eigenvalue weighted by Crippen LogP contribution is -2.42. The molecule has 0 radical (unpaired) electrons. The topological polar surface area (TPSA) is 113 Å². The zero-order valence-electron chi connectivity index (χ0n) is 19.7. The highest BCUT2D eigenvalue weighted by Crippen LogP contribution is 2.30. The number of para-hydroxylation sites is 1. The molecular weight excluding hydrogens is 526 g/mol. The third-order valence-electron chi connectivity index (χ3n) is 5.03. The smallest absolute Gasteiger partial charge is 0.264 e. The fourth-order valence-corrected chi connectivity index (χ4v) is 5.79. The van der Waals surface area contributed by atoms with E-state index < -0.39 is 32.5 Å². The molecule has 0 aromatic heterocycles. The fraction of sp³-hybridized carbons (Fsp3) is 0.208. The number of amides is 1. The zero-order chi connectivity index (χ0) is 26.3. The Bertz CT molecular complexity index is 1400. The van der Waals surface area contributed by atoms with Gasteiger partial charge < -0.3 is 10.1 Å². The Balaban J connectivity index is 1.63. The van der Waals surface area contributed by atoms with Gasteiger partial charge in [0.15, 0.2) is 0 Å². The average molecular weight is 552 g/mol. The molecule has 0 aliphatic heterocycles. The summed E-state index contributed by atoms with van der Waals surface area (Å²) >= 11 is 6.25. The molecule has 192 valence electrons. The van der Waals surface area contributed by atoms with Crippen LogP contribution >= 0.6 is 11.6 Å². The molecule has 3 aromatic carbocycles. The van der Waals surface area contributed by atoms with Crippen molar-refractivity contribution in [2.45, 2.75) is 9.79 Å². The van der Waals surface area contributed by atoms with Crippen molar-refractivity contribution in [2.75, 3.05) is 38.1 Å². The quantitative estimate of drug-likeness (QED) is 0.367. The van der Waals surface area contributed by atoms with Crippen LogP contribution in [-0.2, 0) is 24.8 Å². The minimum absolute atomic E-state index is 0.0285. The fourth-order valence-electron chi connectivity index (χ4n) is 3.14. The number of halogens is 1. The molecule has 0 aliphatic carbocycles. The zero-order valence-corrected chi connectivity index (χ0v) is 22.1. The van der Waals surface area contributed by atoms with E-state index in [1.165, 1.54) is 56.6 Å². The Hall–Kier alpha value is -3.12. The summed E-state index contributed by atoms with van der Waals surface area (Å²) in [6.45, 7) is -0.306. The second-order valence-electron chi connectivity index (χ2n) is 7.73. The van der Waals surface area contributed by atoms with Crippen LogP contribution in [0.15, 0.2) is 88.7 Å². The third-order valence-corrected chi connectivity index (χ3v) is 8.96. The molecule has 1 N–H and O–H groups in total. The van der Waals surface area contributed by atoms with Crippen molar-refractivity contribution in [1.29, 1.82) is 0 Å². The molecule has 3 aromatic rings. The molecule has 9 nitrogen and oxygen atoms in total. The Kier molecular flexibility index (Phi) is 8.96. The summed E-state index contributed by atoms with van der Waals surface area (Å²) in [7, 11) is -4.72. The SMILES string of the molecule is CN(C)S(=O)(=O)c1ccc(OCCNC(=O)CN(c2ccccc2Cl)S(=O)(=O)c2ccccc2)cc1. The molecule has 0 spiro atoms. The van der Waals surface area contributed by atoms with Crippen LogP contribution in [0.2, 0.25) is 5.02 Å². The number of hydrogen-bond acceptors (Lipinski definition) is 6. The summed E-state index contributed by atoms with van der Waals surface area (Å²) in [5.41, 5.74) is 0.183. The van der Waals surface area contributed by atoms with Crippen LogP contribution < -0.4 is 14.4 Å². The second kappa shape index (κ2) is 11.7. The molecular formula is C24H26ClN3O6S2. The van der Waals surface area contributed by atoms with Gasteiger partial charge in [-0.25, -0.2) is 21.1 Å². The molecule has 0 bridgehead atoms. The number of anilines is 1. The maximum atomic E-state index is 13.3. The molecule has 0 unspecified atom stereocenters. The van der Waals surface area contributed by atoms with Gasteiger partial charge in [-0.2, -0.15) is 0 Å². The van der Waals surface area contributed by atoms with Crippen LogP contribution in [0.5, 0.6) is 5.75 Å². The Morgan fingerprint density at radius 3 is 2.03 bits per heavy atom. The predicted octanol–water partition coefficient (Wildman–Crippen LogP) is 2.98. The summed E-state index contributed by atoms with van der Waals surface area (Å²) in [4.78, 5) is 12.8. The van der Waals surface area contributed by atoms with Crippen molar-refractivity contribution in [3.05, 3.63) is 83.9 Å². The van der Waals surface area contributed by atoms with Crippen LogP contribution in [0, 0.1) is 0 Å². The lowest BCUT2D eigenvalue weighted by atomic mass is 10.3. The first-order valence-electron chi connectivity index (χ1n) is 10.8. The number of benzene rings is 3. The van der Waals surface area contributed by atoms with Gasteiger partial charge in [-0.3, -0.25) is 9.10 Å². The summed E-state index contributed by atoms with van der Waals surface area (Å²) < 4.78 is 58.5. The molecule has 0 saturated carbocycles. The molecule has 12 heteroatoms. The molecule has 36 heavy (non-hydrogen) atoms. The summed E-state index contributed by atoms with van der Waals surface area (Å²) in [6, 6.07) is 20.0. The number of nitrogens with one attached hydrogen (secondary N) is 1.